The molecule has 0 saturated heterocycles. The molecule has 2 rings (SSSR count). The molecule has 106 valence electrons. The summed E-state index contributed by atoms with van der Waals surface area (Å²) in [4.78, 5) is 12.3. The minimum atomic E-state index is -0.0836. The molecular weight excluding hydrogens is 242 g/mol. The van der Waals surface area contributed by atoms with Gasteiger partial charge in [0.05, 0.1) is 5.56 Å². The number of rotatable bonds is 3. The third-order valence-corrected chi connectivity index (χ3v) is 4.00. The van der Waals surface area contributed by atoms with E-state index in [2.05, 4.69) is 5.32 Å². The summed E-state index contributed by atoms with van der Waals surface area (Å²) in [6.07, 6.45) is 5.39. The number of amides is 1. The Bertz CT molecular complexity index is 439. The smallest absolute Gasteiger partial charge is 0.255 e. The van der Waals surface area contributed by atoms with Crippen molar-refractivity contribution in [3.8, 4) is 0 Å². The van der Waals surface area contributed by atoms with Gasteiger partial charge in [-0.25, -0.2) is 0 Å². The first-order valence-corrected chi connectivity index (χ1v) is 7.10. The van der Waals surface area contributed by atoms with Gasteiger partial charge in [-0.05, 0) is 32.8 Å². The highest BCUT2D eigenvalue weighted by Gasteiger charge is 2.26. The molecule has 1 fully saturated rings. The molecule has 4 heteroatoms. The van der Waals surface area contributed by atoms with Crippen molar-refractivity contribution in [1.29, 1.82) is 0 Å². The van der Waals surface area contributed by atoms with E-state index >= 15 is 0 Å². The van der Waals surface area contributed by atoms with Crippen LogP contribution < -0.4 is 5.32 Å². The van der Waals surface area contributed by atoms with Crippen molar-refractivity contribution in [3.63, 3.8) is 0 Å². The third-order valence-electron chi connectivity index (χ3n) is 4.00. The summed E-state index contributed by atoms with van der Waals surface area (Å²) < 4.78 is 5.39. The second-order valence-corrected chi connectivity index (χ2v) is 5.49. The summed E-state index contributed by atoms with van der Waals surface area (Å²) >= 11 is 0. The second-order valence-electron chi connectivity index (χ2n) is 5.49. The van der Waals surface area contributed by atoms with Crippen LogP contribution in [-0.2, 0) is 0 Å². The summed E-state index contributed by atoms with van der Waals surface area (Å²) in [7, 11) is 0. The number of aliphatic hydroxyl groups excluding tert-OH is 1. The summed E-state index contributed by atoms with van der Waals surface area (Å²) in [5.41, 5.74) is 0.610. The van der Waals surface area contributed by atoms with Gasteiger partial charge in [0.15, 0.2) is 0 Å². The Labute approximate surface area is 114 Å². The first-order valence-electron chi connectivity index (χ1n) is 7.10. The fourth-order valence-corrected chi connectivity index (χ4v) is 2.90. The Kier molecular flexibility index (Phi) is 4.64. The van der Waals surface area contributed by atoms with Crippen LogP contribution in [0.4, 0.5) is 0 Å². The highest BCUT2D eigenvalue weighted by Crippen LogP contribution is 2.24. The molecule has 1 heterocycles. The average molecular weight is 265 g/mol. The minimum Gasteiger partial charge on any atom is -0.466 e. The van der Waals surface area contributed by atoms with Crippen LogP contribution in [0, 0.1) is 19.8 Å². The van der Waals surface area contributed by atoms with Crippen LogP contribution in [0.3, 0.4) is 0 Å². The van der Waals surface area contributed by atoms with E-state index in [0.29, 0.717) is 11.3 Å². The Morgan fingerprint density at radius 1 is 1.37 bits per heavy atom. The molecule has 1 saturated carbocycles. The lowest BCUT2D eigenvalue weighted by Gasteiger charge is -2.24. The zero-order chi connectivity index (χ0) is 13.8. The Hall–Kier alpha value is -1.29. The molecule has 0 radical (unpaired) electrons. The van der Waals surface area contributed by atoms with E-state index < -0.39 is 0 Å². The molecule has 1 amide bonds. The van der Waals surface area contributed by atoms with Crippen molar-refractivity contribution in [1.82, 2.24) is 5.32 Å². The van der Waals surface area contributed by atoms with Crippen LogP contribution in [0.15, 0.2) is 10.5 Å². The van der Waals surface area contributed by atoms with E-state index in [4.69, 9.17) is 4.42 Å². The molecule has 0 aromatic carbocycles. The van der Waals surface area contributed by atoms with Crippen molar-refractivity contribution in [2.75, 3.05) is 6.61 Å². The van der Waals surface area contributed by atoms with Gasteiger partial charge in [-0.3, -0.25) is 4.79 Å². The summed E-state index contributed by atoms with van der Waals surface area (Å²) in [6, 6.07) is 1.85. The highest BCUT2D eigenvalue weighted by atomic mass is 16.3. The normalized spacial score (nSPS) is 23.9. The van der Waals surface area contributed by atoms with Crippen molar-refractivity contribution >= 4 is 5.91 Å². The fourth-order valence-electron chi connectivity index (χ4n) is 2.90. The van der Waals surface area contributed by atoms with E-state index in [-0.39, 0.29) is 24.5 Å². The van der Waals surface area contributed by atoms with Gasteiger partial charge in [-0.15, -0.1) is 0 Å². The number of aliphatic hydroxyl groups is 1. The Morgan fingerprint density at radius 3 is 2.74 bits per heavy atom. The van der Waals surface area contributed by atoms with E-state index in [1.165, 1.54) is 6.42 Å². The van der Waals surface area contributed by atoms with Gasteiger partial charge < -0.3 is 14.8 Å². The average Bonchev–Trinajstić information content (AvgIpc) is 2.60. The maximum atomic E-state index is 12.3. The van der Waals surface area contributed by atoms with E-state index in [9.17, 15) is 9.90 Å². The molecule has 1 aromatic rings. The number of carbonyl (C=O) groups excluding carboxylic acids is 1. The monoisotopic (exact) mass is 265 g/mol. The predicted molar refractivity (Wildman–Crippen MR) is 73.1 cm³/mol. The number of hydrogen-bond donors (Lipinski definition) is 2. The maximum Gasteiger partial charge on any atom is 0.255 e. The number of furan rings is 1. The summed E-state index contributed by atoms with van der Waals surface area (Å²) in [6.45, 7) is 3.79. The zero-order valence-corrected chi connectivity index (χ0v) is 11.7. The largest absolute Gasteiger partial charge is 0.466 e. The Balaban J connectivity index is 2.06. The van der Waals surface area contributed by atoms with E-state index in [1.54, 1.807) is 13.0 Å². The molecule has 2 atom stereocenters. The van der Waals surface area contributed by atoms with Crippen molar-refractivity contribution in [2.45, 2.75) is 52.0 Å². The Morgan fingerprint density at radius 2 is 2.11 bits per heavy atom. The lowest BCUT2D eigenvalue weighted by atomic mass is 9.95. The molecule has 0 bridgehead atoms. The molecule has 0 spiro atoms. The number of carbonyl (C=O) groups is 1. The SMILES string of the molecule is Cc1cc(C(=O)NC2CCCCCC2CO)c(C)o1. The van der Waals surface area contributed by atoms with Gasteiger partial charge >= 0.3 is 0 Å². The first kappa shape index (κ1) is 14.1. The number of nitrogens with one attached hydrogen (secondary N) is 1. The van der Waals surface area contributed by atoms with Crippen LogP contribution in [0.2, 0.25) is 0 Å². The molecule has 2 N–H and O–H groups in total. The van der Waals surface area contributed by atoms with Gasteiger partial charge in [-0.2, -0.15) is 0 Å². The molecule has 1 aliphatic rings. The maximum absolute atomic E-state index is 12.3. The number of hydrogen-bond acceptors (Lipinski definition) is 3. The van der Waals surface area contributed by atoms with Gasteiger partial charge in [0.1, 0.15) is 11.5 Å². The van der Waals surface area contributed by atoms with E-state index in [0.717, 1.165) is 31.4 Å². The van der Waals surface area contributed by atoms with Crippen LogP contribution in [0.5, 0.6) is 0 Å². The zero-order valence-electron chi connectivity index (χ0n) is 11.7. The molecule has 19 heavy (non-hydrogen) atoms. The van der Waals surface area contributed by atoms with E-state index in [1.807, 2.05) is 6.92 Å². The van der Waals surface area contributed by atoms with Crippen LogP contribution in [-0.4, -0.2) is 23.7 Å². The van der Waals surface area contributed by atoms with Crippen molar-refractivity contribution in [2.24, 2.45) is 5.92 Å². The molecule has 4 nitrogen and oxygen atoms in total. The lowest BCUT2D eigenvalue weighted by molar-refractivity contribution is 0.0898. The summed E-state index contributed by atoms with van der Waals surface area (Å²) in [5.74, 6) is 1.51. The highest BCUT2D eigenvalue weighted by molar-refractivity contribution is 5.95. The quantitative estimate of drug-likeness (QED) is 0.826. The fraction of sp³-hybridized carbons (Fsp3) is 0.667. The predicted octanol–water partition coefficient (Wildman–Crippen LogP) is 2.57. The van der Waals surface area contributed by atoms with Crippen molar-refractivity contribution < 1.29 is 14.3 Å². The first-order chi connectivity index (χ1) is 9.11. The van der Waals surface area contributed by atoms with Crippen LogP contribution >= 0.6 is 0 Å². The lowest BCUT2D eigenvalue weighted by Crippen LogP contribution is -2.41. The van der Waals surface area contributed by atoms with Crippen LogP contribution in [0.1, 0.15) is 54.0 Å². The summed E-state index contributed by atoms with van der Waals surface area (Å²) in [5, 5.41) is 12.5. The minimum absolute atomic E-state index is 0.0783. The molecule has 1 aromatic heterocycles. The molecule has 1 aliphatic carbocycles. The van der Waals surface area contributed by atoms with Gasteiger partial charge in [0, 0.05) is 18.6 Å². The van der Waals surface area contributed by atoms with Gasteiger partial charge in [0.2, 0.25) is 0 Å². The topological polar surface area (TPSA) is 62.5 Å². The molecular formula is C15H23NO3. The number of aryl methyl sites for hydroxylation is 2. The van der Waals surface area contributed by atoms with Crippen molar-refractivity contribution in [3.05, 3.63) is 23.2 Å². The van der Waals surface area contributed by atoms with Gasteiger partial charge in [0.25, 0.3) is 5.91 Å². The molecule has 2 unspecified atom stereocenters. The van der Waals surface area contributed by atoms with Crippen LogP contribution in [0.25, 0.3) is 0 Å². The standard InChI is InChI=1S/C15H23NO3/c1-10-8-13(11(2)19-10)15(18)16-14-7-5-3-4-6-12(14)9-17/h8,12,14,17H,3-7,9H2,1-2H3,(H,16,18). The van der Waals surface area contributed by atoms with Gasteiger partial charge in [-0.1, -0.05) is 19.3 Å². The second kappa shape index (κ2) is 6.24. The molecule has 0 aliphatic heterocycles. The third kappa shape index (κ3) is 3.38.